The summed E-state index contributed by atoms with van der Waals surface area (Å²) in [5.74, 6) is 0. The summed E-state index contributed by atoms with van der Waals surface area (Å²) in [6, 6.07) is 52.4. The Morgan fingerprint density at radius 3 is 2.10 bits per heavy atom. The number of benzene rings is 6. The van der Waals surface area contributed by atoms with Gasteiger partial charge in [0.1, 0.15) is 0 Å². The molecule has 0 saturated heterocycles. The van der Waals surface area contributed by atoms with Crippen molar-refractivity contribution in [2.45, 2.75) is 40.5 Å². The van der Waals surface area contributed by atoms with E-state index in [9.17, 15) is 0 Å². The number of allylic oxidation sites excluding steroid dienone is 1. The second-order valence-corrected chi connectivity index (χ2v) is 13.4. The first-order valence-corrected chi connectivity index (χ1v) is 17.5. The number of fused-ring (bicyclic) bond motifs is 3. The molecule has 7 aromatic rings. The summed E-state index contributed by atoms with van der Waals surface area (Å²) in [5.41, 5.74) is 18.0. The Morgan fingerprint density at radius 2 is 1.32 bits per heavy atom. The van der Waals surface area contributed by atoms with E-state index in [0.29, 0.717) is 0 Å². The molecule has 244 valence electrons. The highest BCUT2D eigenvalue weighted by molar-refractivity contribution is 6.06. The molecular formula is C47H41N3. The predicted octanol–water partition coefficient (Wildman–Crippen LogP) is 12.5. The fraction of sp³-hybridized carbons (Fsp3) is 0.128. The molecule has 0 fully saturated rings. The Kier molecular flexibility index (Phi) is 8.26. The van der Waals surface area contributed by atoms with Crippen LogP contribution in [-0.4, -0.2) is 10.3 Å². The van der Waals surface area contributed by atoms with E-state index >= 15 is 0 Å². The third-order valence-corrected chi connectivity index (χ3v) is 9.99. The number of aliphatic imine (C=N–C) groups is 1. The minimum atomic E-state index is 0.933. The van der Waals surface area contributed by atoms with E-state index in [-0.39, 0.29) is 0 Å². The summed E-state index contributed by atoms with van der Waals surface area (Å²) in [4.78, 5) is 7.55. The van der Waals surface area contributed by atoms with Gasteiger partial charge in [-0.05, 0) is 123 Å². The van der Waals surface area contributed by atoms with E-state index in [4.69, 9.17) is 4.99 Å². The second kappa shape index (κ2) is 13.2. The van der Waals surface area contributed by atoms with Crippen molar-refractivity contribution in [2.24, 2.45) is 4.99 Å². The van der Waals surface area contributed by atoms with Crippen LogP contribution in [0.15, 0.2) is 156 Å². The molecule has 0 N–H and O–H groups in total. The lowest BCUT2D eigenvalue weighted by atomic mass is 9.92. The highest BCUT2D eigenvalue weighted by Gasteiger charge is 2.25. The van der Waals surface area contributed by atoms with E-state index in [0.717, 1.165) is 29.9 Å². The van der Waals surface area contributed by atoms with Crippen LogP contribution in [0.3, 0.4) is 0 Å². The smallest absolute Gasteiger partial charge is 0.0662 e. The quantitative estimate of drug-likeness (QED) is 0.158. The molecule has 3 heteroatoms. The van der Waals surface area contributed by atoms with Crippen molar-refractivity contribution in [3.63, 3.8) is 0 Å². The Balaban J connectivity index is 1.23. The number of hydrogen-bond acceptors (Lipinski definition) is 2. The van der Waals surface area contributed by atoms with E-state index in [1.165, 1.54) is 72.6 Å². The Bertz CT molecular complexity index is 2410. The molecule has 0 amide bonds. The average Bonchev–Trinajstić information content (AvgIpc) is 3.47. The van der Waals surface area contributed by atoms with E-state index in [1.54, 1.807) is 0 Å². The maximum atomic E-state index is 5.09. The molecule has 8 rings (SSSR count). The molecular weight excluding hydrogens is 607 g/mol. The van der Waals surface area contributed by atoms with Gasteiger partial charge in [-0.15, -0.1) is 0 Å². The summed E-state index contributed by atoms with van der Waals surface area (Å²) in [6.45, 7) is 8.64. The van der Waals surface area contributed by atoms with Crippen LogP contribution < -0.4 is 4.90 Å². The van der Waals surface area contributed by atoms with Gasteiger partial charge in [-0.1, -0.05) is 96.6 Å². The van der Waals surface area contributed by atoms with Gasteiger partial charge < -0.3 is 9.47 Å². The first kappa shape index (κ1) is 31.3. The summed E-state index contributed by atoms with van der Waals surface area (Å²) in [5, 5.41) is 1.29. The van der Waals surface area contributed by atoms with Crippen molar-refractivity contribution in [2.75, 3.05) is 4.90 Å². The summed E-state index contributed by atoms with van der Waals surface area (Å²) >= 11 is 0. The molecule has 1 aliphatic rings. The van der Waals surface area contributed by atoms with Crippen LogP contribution in [0.4, 0.5) is 17.1 Å². The maximum absolute atomic E-state index is 5.09. The number of nitrogens with zero attached hydrogens (tertiary/aromatic N) is 3. The van der Waals surface area contributed by atoms with Crippen LogP contribution in [0.2, 0.25) is 0 Å². The highest BCUT2D eigenvalue weighted by atomic mass is 15.2. The van der Waals surface area contributed by atoms with Gasteiger partial charge in [0.2, 0.25) is 0 Å². The van der Waals surface area contributed by atoms with Gasteiger partial charge in [0.05, 0.1) is 11.2 Å². The lowest BCUT2D eigenvalue weighted by Gasteiger charge is -2.31. The van der Waals surface area contributed by atoms with E-state index < -0.39 is 0 Å². The summed E-state index contributed by atoms with van der Waals surface area (Å²) in [7, 11) is 0. The van der Waals surface area contributed by atoms with Gasteiger partial charge in [0.15, 0.2) is 0 Å². The topological polar surface area (TPSA) is 20.5 Å². The zero-order valence-corrected chi connectivity index (χ0v) is 29.2. The van der Waals surface area contributed by atoms with Gasteiger partial charge >= 0.3 is 0 Å². The minimum absolute atomic E-state index is 0.933. The first-order chi connectivity index (χ1) is 24.5. The van der Waals surface area contributed by atoms with E-state index in [2.05, 4.69) is 189 Å². The van der Waals surface area contributed by atoms with Crippen molar-refractivity contribution in [1.82, 2.24) is 4.57 Å². The molecule has 0 aliphatic heterocycles. The first-order valence-electron chi connectivity index (χ1n) is 17.5. The fourth-order valence-electron chi connectivity index (χ4n) is 7.53. The fourth-order valence-corrected chi connectivity index (χ4v) is 7.53. The molecule has 1 aliphatic carbocycles. The number of hydrogen-bond donors (Lipinski definition) is 0. The molecule has 1 aromatic heterocycles. The van der Waals surface area contributed by atoms with Crippen LogP contribution in [0.5, 0.6) is 0 Å². The van der Waals surface area contributed by atoms with Crippen molar-refractivity contribution < 1.29 is 0 Å². The third kappa shape index (κ3) is 5.75. The van der Waals surface area contributed by atoms with Crippen LogP contribution >= 0.6 is 0 Å². The molecule has 0 unspecified atom stereocenters. The maximum Gasteiger partial charge on any atom is 0.0662 e. The van der Waals surface area contributed by atoms with Gasteiger partial charge in [0, 0.05) is 50.7 Å². The number of rotatable bonds is 7. The van der Waals surface area contributed by atoms with Crippen LogP contribution in [0, 0.1) is 20.8 Å². The Labute approximate surface area is 295 Å². The number of para-hydroxylation sites is 4. The number of aryl methyl sites for hydroxylation is 3. The predicted molar refractivity (Wildman–Crippen MR) is 213 cm³/mol. The molecule has 1 heterocycles. The Morgan fingerprint density at radius 1 is 0.620 bits per heavy atom. The van der Waals surface area contributed by atoms with Crippen molar-refractivity contribution in [1.29, 1.82) is 0 Å². The molecule has 50 heavy (non-hydrogen) atoms. The lowest BCUT2D eigenvalue weighted by Crippen LogP contribution is -2.19. The van der Waals surface area contributed by atoms with Gasteiger partial charge in [-0.2, -0.15) is 0 Å². The molecule has 0 radical (unpaired) electrons. The minimum Gasteiger partial charge on any atom is -0.314 e. The standard InChI is InChI=1S/C47H41N3/c1-32-23-26-41(43(29-32)35(4)48-45-21-13-11-15-33(45)2)40-27-24-38(30-34(40)3)49(36-16-7-5-8-17-36)39-25-28-47-44(31-39)42-20-12-14-22-46(42)50(47)37-18-9-6-10-19-37/h5-24,26-27,29-31H,25,28H2,1-4H3. The Hall–Kier alpha value is -5.93. The molecule has 0 saturated carbocycles. The van der Waals surface area contributed by atoms with Crippen LogP contribution in [-0.2, 0) is 6.42 Å². The molecule has 6 aromatic carbocycles. The molecule has 0 bridgehead atoms. The molecule has 0 atom stereocenters. The monoisotopic (exact) mass is 647 g/mol. The molecule has 0 spiro atoms. The largest absolute Gasteiger partial charge is 0.314 e. The van der Waals surface area contributed by atoms with Crippen molar-refractivity contribution in [3.05, 3.63) is 185 Å². The van der Waals surface area contributed by atoms with E-state index in [1.807, 2.05) is 0 Å². The van der Waals surface area contributed by atoms with Crippen LogP contribution in [0.1, 0.15) is 46.9 Å². The summed E-state index contributed by atoms with van der Waals surface area (Å²) < 4.78 is 2.45. The average molecular weight is 648 g/mol. The lowest BCUT2D eigenvalue weighted by molar-refractivity contribution is 0.838. The van der Waals surface area contributed by atoms with Gasteiger partial charge in [-0.3, -0.25) is 4.99 Å². The third-order valence-electron chi connectivity index (χ3n) is 9.99. The van der Waals surface area contributed by atoms with Gasteiger partial charge in [-0.25, -0.2) is 0 Å². The summed E-state index contributed by atoms with van der Waals surface area (Å²) in [6.07, 6.45) is 4.32. The normalized spacial score (nSPS) is 12.9. The number of anilines is 2. The zero-order chi connectivity index (χ0) is 34.2. The van der Waals surface area contributed by atoms with Crippen LogP contribution in [0.25, 0.3) is 33.8 Å². The van der Waals surface area contributed by atoms with Gasteiger partial charge in [0.25, 0.3) is 0 Å². The molecule has 3 nitrogen and oxygen atoms in total. The SMILES string of the molecule is CC(=Nc1ccccc1C)c1cc(C)ccc1-c1ccc(N(C2=Cc3c(n(-c4ccccc4)c4ccccc34)CC2)c2ccccc2)cc1C. The zero-order valence-electron chi connectivity index (χ0n) is 29.2. The van der Waals surface area contributed by atoms with Crippen molar-refractivity contribution in [3.8, 4) is 16.8 Å². The van der Waals surface area contributed by atoms with Crippen molar-refractivity contribution >= 4 is 39.8 Å². The number of aromatic nitrogens is 1. The second-order valence-electron chi connectivity index (χ2n) is 13.4. The highest BCUT2D eigenvalue weighted by Crippen LogP contribution is 2.41.